The molecule has 1 aliphatic carbocycles. The quantitative estimate of drug-likeness (QED) is 0.633. The van der Waals surface area contributed by atoms with Gasteiger partial charge in [0, 0.05) is 12.2 Å². The van der Waals surface area contributed by atoms with Crippen LogP contribution in [0.2, 0.25) is 0 Å². The Balaban J connectivity index is 1.97. The van der Waals surface area contributed by atoms with Gasteiger partial charge in [-0.2, -0.15) is 0 Å². The second kappa shape index (κ2) is 3.02. The van der Waals surface area contributed by atoms with Crippen LogP contribution in [-0.4, -0.2) is 9.55 Å². The lowest BCUT2D eigenvalue weighted by molar-refractivity contribution is 0.231. The number of allylic oxidation sites excluding steroid dienone is 1. The molecule has 0 unspecified atom stereocenters. The number of aromatic nitrogens is 2. The van der Waals surface area contributed by atoms with Crippen LogP contribution >= 0.6 is 0 Å². The minimum absolute atomic E-state index is 0.669. The van der Waals surface area contributed by atoms with E-state index in [0.717, 1.165) is 11.6 Å². The Hall–Kier alpha value is -1.05. The number of hydrogen-bond acceptors (Lipinski definition) is 1. The number of hydrogen-bond donors (Lipinski definition) is 0. The molecule has 0 saturated heterocycles. The number of aryl methyl sites for hydroxylation is 1. The lowest BCUT2D eigenvalue weighted by atomic mass is 9.76. The van der Waals surface area contributed by atoms with Gasteiger partial charge in [0.15, 0.2) is 0 Å². The van der Waals surface area contributed by atoms with Crippen molar-refractivity contribution in [2.45, 2.75) is 32.7 Å². The summed E-state index contributed by atoms with van der Waals surface area (Å²) in [6.45, 7) is 8.14. The van der Waals surface area contributed by atoms with Crippen LogP contribution in [0, 0.1) is 12.8 Å². The van der Waals surface area contributed by atoms with Crippen molar-refractivity contribution in [1.29, 1.82) is 0 Å². The van der Waals surface area contributed by atoms with Gasteiger partial charge in [0.2, 0.25) is 0 Å². The van der Waals surface area contributed by atoms with Gasteiger partial charge in [0.25, 0.3) is 0 Å². The minimum Gasteiger partial charge on any atom is -0.334 e. The third-order valence-electron chi connectivity index (χ3n) is 2.96. The zero-order valence-corrected chi connectivity index (χ0v) is 8.33. The van der Waals surface area contributed by atoms with Gasteiger partial charge in [-0.3, -0.25) is 0 Å². The van der Waals surface area contributed by atoms with Crippen molar-refractivity contribution in [3.63, 3.8) is 0 Å². The molecule has 1 aromatic rings. The summed E-state index contributed by atoms with van der Waals surface area (Å²) >= 11 is 0. The highest BCUT2D eigenvalue weighted by Gasteiger charge is 2.30. The maximum absolute atomic E-state index is 4.23. The fraction of sp³-hybridized carbons (Fsp3) is 0.545. The van der Waals surface area contributed by atoms with E-state index < -0.39 is 0 Å². The molecule has 70 valence electrons. The van der Waals surface area contributed by atoms with Crippen LogP contribution in [0.15, 0.2) is 24.7 Å². The molecule has 0 radical (unpaired) electrons. The highest BCUT2D eigenvalue weighted by molar-refractivity contribution is 5.06. The zero-order valence-electron chi connectivity index (χ0n) is 8.33. The maximum Gasteiger partial charge on any atom is 0.0951 e. The smallest absolute Gasteiger partial charge is 0.0951 e. The molecule has 0 spiro atoms. The SMILES string of the molecule is C=C(C)C1CC(n2cnc(C)c2)C1. The van der Waals surface area contributed by atoms with E-state index in [4.69, 9.17) is 0 Å². The van der Waals surface area contributed by atoms with Crippen molar-refractivity contribution in [1.82, 2.24) is 9.55 Å². The normalized spacial score (nSPS) is 26.9. The van der Waals surface area contributed by atoms with Crippen molar-refractivity contribution in [2.24, 2.45) is 5.92 Å². The van der Waals surface area contributed by atoms with Crippen LogP contribution in [0.5, 0.6) is 0 Å². The number of imidazole rings is 1. The second-order valence-corrected chi connectivity index (χ2v) is 4.13. The van der Waals surface area contributed by atoms with Gasteiger partial charge < -0.3 is 4.57 Å². The fourth-order valence-electron chi connectivity index (χ4n) is 1.87. The molecule has 1 heterocycles. The number of rotatable bonds is 2. The van der Waals surface area contributed by atoms with Crippen molar-refractivity contribution in [3.05, 3.63) is 30.4 Å². The average molecular weight is 176 g/mol. The standard InChI is InChI=1S/C11H16N2/c1-8(2)10-4-11(5-10)13-6-9(3)12-7-13/h6-7,10-11H,1,4-5H2,2-3H3. The second-order valence-electron chi connectivity index (χ2n) is 4.13. The Labute approximate surface area is 79.3 Å². The largest absolute Gasteiger partial charge is 0.334 e. The van der Waals surface area contributed by atoms with Gasteiger partial charge in [-0.25, -0.2) is 4.98 Å². The monoisotopic (exact) mass is 176 g/mol. The van der Waals surface area contributed by atoms with Gasteiger partial charge in [-0.05, 0) is 32.6 Å². The average Bonchev–Trinajstić information content (AvgIpc) is 2.31. The highest BCUT2D eigenvalue weighted by Crippen LogP contribution is 2.41. The summed E-state index contributed by atoms with van der Waals surface area (Å²) < 4.78 is 2.23. The van der Waals surface area contributed by atoms with Crippen LogP contribution in [-0.2, 0) is 0 Å². The predicted octanol–water partition coefficient (Wildman–Crippen LogP) is 2.72. The molecule has 0 atom stereocenters. The molecule has 1 aromatic heterocycles. The molecule has 2 heteroatoms. The topological polar surface area (TPSA) is 17.8 Å². The highest BCUT2D eigenvalue weighted by atomic mass is 15.1. The Bertz CT molecular complexity index is 319. The van der Waals surface area contributed by atoms with Crippen LogP contribution in [0.4, 0.5) is 0 Å². The molecule has 1 aliphatic rings. The summed E-state index contributed by atoms with van der Waals surface area (Å²) in [4.78, 5) is 4.23. The fourth-order valence-corrected chi connectivity index (χ4v) is 1.87. The van der Waals surface area contributed by atoms with E-state index in [1.165, 1.54) is 18.4 Å². The molecule has 2 rings (SSSR count). The van der Waals surface area contributed by atoms with Crippen molar-refractivity contribution in [3.8, 4) is 0 Å². The Morgan fingerprint density at radius 3 is 2.77 bits per heavy atom. The van der Waals surface area contributed by atoms with Crippen molar-refractivity contribution >= 4 is 0 Å². The molecule has 0 aromatic carbocycles. The molecule has 0 amide bonds. The maximum atomic E-state index is 4.23. The molecule has 0 bridgehead atoms. The van der Waals surface area contributed by atoms with E-state index in [0.29, 0.717) is 6.04 Å². The summed E-state index contributed by atoms with van der Waals surface area (Å²) in [7, 11) is 0. The first-order valence-corrected chi connectivity index (χ1v) is 4.82. The van der Waals surface area contributed by atoms with E-state index in [-0.39, 0.29) is 0 Å². The summed E-state index contributed by atoms with van der Waals surface area (Å²) in [6, 6.07) is 0.669. The van der Waals surface area contributed by atoms with Gasteiger partial charge in [0.1, 0.15) is 0 Å². The van der Waals surface area contributed by atoms with E-state index in [1.54, 1.807) is 0 Å². The number of nitrogens with zero attached hydrogens (tertiary/aromatic N) is 2. The van der Waals surface area contributed by atoms with Crippen molar-refractivity contribution < 1.29 is 0 Å². The van der Waals surface area contributed by atoms with Crippen LogP contribution in [0.3, 0.4) is 0 Å². The molecule has 13 heavy (non-hydrogen) atoms. The minimum atomic E-state index is 0.669. The summed E-state index contributed by atoms with van der Waals surface area (Å²) in [6.07, 6.45) is 6.55. The molecule has 2 nitrogen and oxygen atoms in total. The van der Waals surface area contributed by atoms with Gasteiger partial charge in [-0.1, -0.05) is 12.2 Å². The van der Waals surface area contributed by atoms with Crippen LogP contribution in [0.1, 0.15) is 31.5 Å². The molecule has 1 fully saturated rings. The van der Waals surface area contributed by atoms with E-state index in [9.17, 15) is 0 Å². The Kier molecular flexibility index (Phi) is 1.98. The molecule has 0 aliphatic heterocycles. The Morgan fingerprint density at radius 2 is 2.31 bits per heavy atom. The van der Waals surface area contributed by atoms with E-state index >= 15 is 0 Å². The summed E-state index contributed by atoms with van der Waals surface area (Å²) in [5.74, 6) is 0.743. The van der Waals surface area contributed by atoms with E-state index in [2.05, 4.69) is 29.3 Å². The van der Waals surface area contributed by atoms with Crippen LogP contribution < -0.4 is 0 Å². The predicted molar refractivity (Wildman–Crippen MR) is 53.5 cm³/mol. The Morgan fingerprint density at radius 1 is 1.62 bits per heavy atom. The first kappa shape index (κ1) is 8.54. The molecular weight excluding hydrogens is 160 g/mol. The first-order valence-electron chi connectivity index (χ1n) is 4.82. The van der Waals surface area contributed by atoms with E-state index in [1.807, 2.05) is 13.3 Å². The lowest BCUT2D eigenvalue weighted by Crippen LogP contribution is -2.26. The third-order valence-corrected chi connectivity index (χ3v) is 2.96. The zero-order chi connectivity index (χ0) is 9.42. The molecule has 0 N–H and O–H groups in total. The van der Waals surface area contributed by atoms with Crippen LogP contribution in [0.25, 0.3) is 0 Å². The summed E-state index contributed by atoms with van der Waals surface area (Å²) in [5, 5.41) is 0. The summed E-state index contributed by atoms with van der Waals surface area (Å²) in [5.41, 5.74) is 2.44. The van der Waals surface area contributed by atoms with Gasteiger partial charge in [-0.15, -0.1) is 0 Å². The molecule has 1 saturated carbocycles. The third kappa shape index (κ3) is 1.53. The molecular formula is C11H16N2. The van der Waals surface area contributed by atoms with Gasteiger partial charge in [0.05, 0.1) is 12.0 Å². The van der Waals surface area contributed by atoms with Crippen molar-refractivity contribution in [2.75, 3.05) is 0 Å². The first-order chi connectivity index (χ1) is 6.16. The van der Waals surface area contributed by atoms with Gasteiger partial charge >= 0.3 is 0 Å². The lowest BCUT2D eigenvalue weighted by Gasteiger charge is -2.36.